The molecule has 41 heavy (non-hydrogen) atoms. The number of hydrogen-bond donors (Lipinski definition) is 2. The van der Waals surface area contributed by atoms with Gasteiger partial charge in [-0.2, -0.15) is 31.4 Å². The Balaban J connectivity index is 0.000000276. The molecular weight excluding hydrogens is 566 g/mol. The summed E-state index contributed by atoms with van der Waals surface area (Å²) in [6, 6.07) is 0. The van der Waals surface area contributed by atoms with Gasteiger partial charge in [0, 0.05) is 58.5 Å². The number of aryl methyl sites for hydroxylation is 1. The van der Waals surface area contributed by atoms with Crippen molar-refractivity contribution >= 4 is 17.8 Å². The standard InChI is InChI=1S/C20H28N6O.2C2HF3O2/c1-15(27)26-10-9-25-18(17-11-22-23(2)14-17)12-21-19(25)20(26)5-7-24(8-6-20)13-16-3-4-16;2*3-2(4,5)1(6)7/h11-12,14,16H,3-10,13H2,1-2H3;2*(H,6,7). The first-order chi connectivity index (χ1) is 19.0. The number of aromatic nitrogens is 4. The fraction of sp³-hybridized carbons (Fsp3) is 0.625. The van der Waals surface area contributed by atoms with Gasteiger partial charge in [0.1, 0.15) is 11.4 Å². The fourth-order valence-electron chi connectivity index (χ4n) is 5.02. The predicted molar refractivity (Wildman–Crippen MR) is 129 cm³/mol. The number of alkyl halides is 6. The lowest BCUT2D eigenvalue weighted by Crippen LogP contribution is -2.59. The quantitative estimate of drug-likeness (QED) is 0.517. The van der Waals surface area contributed by atoms with Crippen molar-refractivity contribution in [2.24, 2.45) is 13.0 Å². The van der Waals surface area contributed by atoms with Gasteiger partial charge < -0.3 is 24.6 Å². The van der Waals surface area contributed by atoms with Crippen molar-refractivity contribution in [1.29, 1.82) is 0 Å². The monoisotopic (exact) mass is 596 g/mol. The molecular formula is C24H30F6N6O5. The number of fused-ring (bicyclic) bond motifs is 2. The van der Waals surface area contributed by atoms with Crippen molar-refractivity contribution in [2.75, 3.05) is 26.2 Å². The smallest absolute Gasteiger partial charge is 0.475 e. The Bertz CT molecular complexity index is 1220. The molecule has 2 fully saturated rings. The third-order valence-electron chi connectivity index (χ3n) is 7.10. The zero-order chi connectivity index (χ0) is 30.8. The summed E-state index contributed by atoms with van der Waals surface area (Å²) in [4.78, 5) is 39.8. The minimum Gasteiger partial charge on any atom is -0.475 e. The molecule has 1 aliphatic carbocycles. The van der Waals surface area contributed by atoms with Crippen LogP contribution in [0.3, 0.4) is 0 Å². The number of halogens is 6. The van der Waals surface area contributed by atoms with Gasteiger partial charge in [0.2, 0.25) is 5.91 Å². The van der Waals surface area contributed by atoms with Crippen LogP contribution < -0.4 is 0 Å². The second kappa shape index (κ2) is 12.1. The van der Waals surface area contributed by atoms with Crippen molar-refractivity contribution in [3.8, 4) is 11.3 Å². The van der Waals surface area contributed by atoms with E-state index in [0.29, 0.717) is 0 Å². The Hall–Kier alpha value is -3.63. The number of carbonyl (C=O) groups excluding carboxylic acids is 1. The number of carboxylic acids is 2. The second-order valence-electron chi connectivity index (χ2n) is 10.1. The number of piperidine rings is 1. The van der Waals surface area contributed by atoms with Gasteiger partial charge in [-0.15, -0.1) is 0 Å². The van der Waals surface area contributed by atoms with E-state index in [-0.39, 0.29) is 11.4 Å². The molecule has 2 N–H and O–H groups in total. The third-order valence-corrected chi connectivity index (χ3v) is 7.10. The minimum atomic E-state index is -5.08. The Morgan fingerprint density at radius 2 is 1.49 bits per heavy atom. The molecule has 1 saturated carbocycles. The summed E-state index contributed by atoms with van der Waals surface area (Å²) >= 11 is 0. The molecule has 17 heteroatoms. The summed E-state index contributed by atoms with van der Waals surface area (Å²) in [6.45, 7) is 6.59. The van der Waals surface area contributed by atoms with E-state index in [0.717, 1.165) is 62.0 Å². The number of nitrogens with zero attached hydrogens (tertiary/aromatic N) is 6. The predicted octanol–water partition coefficient (Wildman–Crippen LogP) is 3.11. The number of rotatable bonds is 3. The number of hydrogen-bond acceptors (Lipinski definition) is 6. The van der Waals surface area contributed by atoms with Crippen LogP contribution in [0.5, 0.6) is 0 Å². The summed E-state index contributed by atoms with van der Waals surface area (Å²) in [7, 11) is 1.94. The molecule has 0 atom stereocenters. The Morgan fingerprint density at radius 1 is 0.951 bits per heavy atom. The van der Waals surface area contributed by atoms with Crippen LogP contribution in [0.15, 0.2) is 18.6 Å². The zero-order valence-corrected chi connectivity index (χ0v) is 22.2. The number of aliphatic carboxylic acids is 2. The summed E-state index contributed by atoms with van der Waals surface area (Å²) in [5, 5.41) is 18.6. The van der Waals surface area contributed by atoms with Crippen molar-refractivity contribution < 1.29 is 50.9 Å². The Kier molecular flexibility index (Phi) is 9.40. The Labute approximate surface area is 230 Å². The largest absolute Gasteiger partial charge is 0.490 e. The van der Waals surface area contributed by atoms with E-state index in [1.165, 1.54) is 19.4 Å². The van der Waals surface area contributed by atoms with Gasteiger partial charge in [0.15, 0.2) is 0 Å². The summed E-state index contributed by atoms with van der Waals surface area (Å²) in [5.74, 6) is -3.37. The average molecular weight is 597 g/mol. The summed E-state index contributed by atoms with van der Waals surface area (Å²) in [5.41, 5.74) is 1.94. The topological polar surface area (TPSA) is 134 Å². The highest BCUT2D eigenvalue weighted by Gasteiger charge is 2.48. The molecule has 1 spiro atoms. The Morgan fingerprint density at radius 3 is 1.90 bits per heavy atom. The lowest BCUT2D eigenvalue weighted by molar-refractivity contribution is -0.193. The summed E-state index contributed by atoms with van der Waals surface area (Å²) in [6.07, 6.45) is 0.458. The molecule has 5 rings (SSSR count). The molecule has 0 aromatic carbocycles. The van der Waals surface area contributed by atoms with Gasteiger partial charge in [-0.1, -0.05) is 0 Å². The molecule has 2 aromatic rings. The fourth-order valence-corrected chi connectivity index (χ4v) is 5.02. The molecule has 4 heterocycles. The molecule has 0 radical (unpaired) electrons. The molecule has 1 amide bonds. The van der Waals surface area contributed by atoms with Gasteiger partial charge in [-0.3, -0.25) is 9.48 Å². The number of carbonyl (C=O) groups is 3. The van der Waals surface area contributed by atoms with E-state index in [2.05, 4.69) is 19.5 Å². The molecule has 0 bridgehead atoms. The molecule has 1 saturated heterocycles. The van der Waals surface area contributed by atoms with Crippen LogP contribution in [0.4, 0.5) is 26.3 Å². The van der Waals surface area contributed by atoms with E-state index in [1.807, 2.05) is 30.3 Å². The van der Waals surface area contributed by atoms with Crippen molar-refractivity contribution in [2.45, 2.75) is 57.0 Å². The molecule has 3 aliphatic rings. The SMILES string of the molecule is CC(=O)N1CCn2c(-c3cnn(C)c3)cnc2C12CCN(CC1CC1)CC2.O=C(O)C(F)(F)F.O=C(O)C(F)(F)F. The second-order valence-corrected chi connectivity index (χ2v) is 10.1. The maximum atomic E-state index is 12.5. The molecule has 228 valence electrons. The lowest BCUT2D eigenvalue weighted by Gasteiger charge is -2.50. The van der Waals surface area contributed by atoms with Crippen molar-refractivity contribution in [1.82, 2.24) is 29.1 Å². The normalized spacial score (nSPS) is 18.5. The number of amides is 1. The summed E-state index contributed by atoms with van der Waals surface area (Å²) < 4.78 is 67.6. The molecule has 11 nitrogen and oxygen atoms in total. The first-order valence-corrected chi connectivity index (χ1v) is 12.6. The van der Waals surface area contributed by atoms with E-state index in [1.54, 1.807) is 6.92 Å². The number of carboxylic acid groups (broad SMARTS) is 2. The van der Waals surface area contributed by atoms with Crippen molar-refractivity contribution in [3.63, 3.8) is 0 Å². The number of imidazole rings is 1. The van der Waals surface area contributed by atoms with Gasteiger partial charge in [-0.25, -0.2) is 14.6 Å². The first-order valence-electron chi connectivity index (χ1n) is 12.6. The molecule has 2 aliphatic heterocycles. The lowest BCUT2D eigenvalue weighted by atomic mass is 9.83. The molecule has 0 unspecified atom stereocenters. The van der Waals surface area contributed by atoms with Crippen LogP contribution in [0, 0.1) is 5.92 Å². The van der Waals surface area contributed by atoms with Gasteiger partial charge in [0.05, 0.1) is 18.1 Å². The maximum Gasteiger partial charge on any atom is 0.490 e. The van der Waals surface area contributed by atoms with Crippen molar-refractivity contribution in [3.05, 3.63) is 24.4 Å². The van der Waals surface area contributed by atoms with Gasteiger partial charge in [0.25, 0.3) is 0 Å². The van der Waals surface area contributed by atoms with Crippen LogP contribution in [0.25, 0.3) is 11.3 Å². The average Bonchev–Trinajstić information content (AvgIpc) is 3.39. The van der Waals surface area contributed by atoms with Crippen LogP contribution in [0.2, 0.25) is 0 Å². The first kappa shape index (κ1) is 31.9. The highest BCUT2D eigenvalue weighted by Crippen LogP contribution is 2.43. The number of likely N-dealkylation sites (tertiary alicyclic amines) is 1. The van der Waals surface area contributed by atoms with E-state index in [4.69, 9.17) is 24.8 Å². The van der Waals surface area contributed by atoms with E-state index in [9.17, 15) is 31.1 Å². The van der Waals surface area contributed by atoms with Crippen LogP contribution in [0.1, 0.15) is 38.4 Å². The van der Waals surface area contributed by atoms with Crippen LogP contribution >= 0.6 is 0 Å². The molecule has 2 aromatic heterocycles. The highest BCUT2D eigenvalue weighted by molar-refractivity contribution is 5.75. The highest BCUT2D eigenvalue weighted by atomic mass is 19.4. The van der Waals surface area contributed by atoms with Gasteiger partial charge >= 0.3 is 24.3 Å². The van der Waals surface area contributed by atoms with E-state index >= 15 is 0 Å². The minimum absolute atomic E-state index is 0.169. The zero-order valence-electron chi connectivity index (χ0n) is 22.2. The van der Waals surface area contributed by atoms with Crippen LogP contribution in [-0.4, -0.2) is 95.7 Å². The third kappa shape index (κ3) is 7.77. The maximum absolute atomic E-state index is 12.5. The van der Waals surface area contributed by atoms with Crippen LogP contribution in [-0.2, 0) is 33.5 Å². The van der Waals surface area contributed by atoms with Gasteiger partial charge in [-0.05, 0) is 31.6 Å². The van der Waals surface area contributed by atoms with E-state index < -0.39 is 24.3 Å².